The second-order valence-electron chi connectivity index (χ2n) is 5.47. The summed E-state index contributed by atoms with van der Waals surface area (Å²) >= 11 is 0. The minimum Gasteiger partial charge on any atom is -0.349 e. The summed E-state index contributed by atoms with van der Waals surface area (Å²) in [7, 11) is 0. The van der Waals surface area contributed by atoms with Gasteiger partial charge in [0.1, 0.15) is 22.7 Å². The number of H-pyrrole nitrogens is 1. The molecule has 0 saturated carbocycles. The quantitative estimate of drug-likeness (QED) is 0.576. The first-order chi connectivity index (χ1) is 11.6. The first kappa shape index (κ1) is 14.3. The summed E-state index contributed by atoms with van der Waals surface area (Å²) in [5, 5.41) is 5.10. The smallest absolute Gasteiger partial charge is 0.298 e. The highest BCUT2D eigenvalue weighted by Gasteiger charge is 2.12. The van der Waals surface area contributed by atoms with Crippen molar-refractivity contribution in [3.8, 4) is 0 Å². The van der Waals surface area contributed by atoms with Crippen molar-refractivity contribution in [2.75, 3.05) is 0 Å². The Balaban J connectivity index is 1.88. The van der Waals surface area contributed by atoms with Gasteiger partial charge in [0.25, 0.3) is 5.56 Å². The average Bonchev–Trinajstić information content (AvgIpc) is 2.95. The molecule has 24 heavy (non-hydrogen) atoms. The number of nitrogens with zero attached hydrogens (tertiary/aromatic N) is 3. The lowest BCUT2D eigenvalue weighted by Gasteiger charge is -2.03. The molecule has 0 saturated heterocycles. The third-order valence-corrected chi connectivity index (χ3v) is 3.86. The van der Waals surface area contributed by atoms with E-state index in [9.17, 15) is 9.18 Å². The Kier molecular flexibility index (Phi) is 3.23. The molecule has 4 aromatic rings. The topological polar surface area (TPSA) is 63.0 Å². The zero-order chi connectivity index (χ0) is 16.7. The minimum absolute atomic E-state index is 0.271. The molecule has 0 fully saturated rings. The van der Waals surface area contributed by atoms with Gasteiger partial charge in [0.05, 0.1) is 6.21 Å². The molecule has 0 atom stereocenters. The largest absolute Gasteiger partial charge is 0.349 e. The number of aromatic nitrogens is 3. The lowest BCUT2D eigenvalue weighted by molar-refractivity contribution is 0.628. The lowest BCUT2D eigenvalue weighted by Crippen LogP contribution is -2.20. The number of hydrogen-bond acceptors (Lipinski definition) is 3. The van der Waals surface area contributed by atoms with Crippen molar-refractivity contribution in [3.05, 3.63) is 76.1 Å². The monoisotopic (exact) mass is 320 g/mol. The summed E-state index contributed by atoms with van der Waals surface area (Å²) in [5.74, 6) is 0.164. The average molecular weight is 320 g/mol. The Bertz CT molecular complexity index is 1140. The normalized spacial score (nSPS) is 11.8. The molecule has 2 aromatic heterocycles. The van der Waals surface area contributed by atoms with Crippen molar-refractivity contribution in [1.29, 1.82) is 0 Å². The maximum Gasteiger partial charge on any atom is 0.298 e. The van der Waals surface area contributed by atoms with Crippen LogP contribution < -0.4 is 5.56 Å². The van der Waals surface area contributed by atoms with Crippen molar-refractivity contribution in [3.63, 3.8) is 0 Å². The molecule has 0 unspecified atom stereocenters. The Morgan fingerprint density at radius 3 is 2.71 bits per heavy atom. The van der Waals surface area contributed by atoms with Crippen LogP contribution in [0.1, 0.15) is 11.4 Å². The Morgan fingerprint density at radius 1 is 1.17 bits per heavy atom. The second kappa shape index (κ2) is 5.42. The molecule has 0 spiro atoms. The van der Waals surface area contributed by atoms with Gasteiger partial charge in [-0.3, -0.25) is 4.79 Å². The highest BCUT2D eigenvalue weighted by molar-refractivity contribution is 6.04. The standard InChI is InChI=1S/C18H13FN4O/c1-11-21-16-14-4-2-3-5-15(14)22-17(16)18(24)23(11)20-10-12-6-8-13(19)9-7-12/h2-10,22H,1H3. The van der Waals surface area contributed by atoms with Gasteiger partial charge in [-0.1, -0.05) is 30.3 Å². The highest BCUT2D eigenvalue weighted by atomic mass is 19.1. The van der Waals surface area contributed by atoms with Gasteiger partial charge in [0.15, 0.2) is 0 Å². The predicted molar refractivity (Wildman–Crippen MR) is 92.0 cm³/mol. The molecule has 2 heterocycles. The Hall–Kier alpha value is -3.28. The molecule has 0 aliphatic heterocycles. The van der Waals surface area contributed by atoms with Gasteiger partial charge in [0.2, 0.25) is 0 Å². The summed E-state index contributed by atoms with van der Waals surface area (Å²) in [5.41, 5.74) is 2.34. The van der Waals surface area contributed by atoms with Crippen LogP contribution in [0.15, 0.2) is 58.4 Å². The zero-order valence-corrected chi connectivity index (χ0v) is 12.8. The summed E-state index contributed by atoms with van der Waals surface area (Å²) in [6.45, 7) is 1.73. The Morgan fingerprint density at radius 2 is 1.92 bits per heavy atom. The fraction of sp³-hybridized carbons (Fsp3) is 0.0556. The molecular formula is C18H13FN4O. The van der Waals surface area contributed by atoms with E-state index >= 15 is 0 Å². The van der Waals surface area contributed by atoms with Gasteiger partial charge in [-0.25, -0.2) is 9.37 Å². The van der Waals surface area contributed by atoms with Crippen molar-refractivity contribution >= 4 is 28.2 Å². The third-order valence-electron chi connectivity index (χ3n) is 3.86. The van der Waals surface area contributed by atoms with E-state index < -0.39 is 0 Å². The van der Waals surface area contributed by atoms with Crippen molar-refractivity contribution in [2.24, 2.45) is 5.10 Å². The van der Waals surface area contributed by atoms with E-state index in [1.165, 1.54) is 23.0 Å². The number of rotatable bonds is 2. The van der Waals surface area contributed by atoms with Crippen molar-refractivity contribution in [2.45, 2.75) is 6.92 Å². The van der Waals surface area contributed by atoms with E-state index in [-0.39, 0.29) is 11.4 Å². The van der Waals surface area contributed by atoms with E-state index in [4.69, 9.17) is 0 Å². The van der Waals surface area contributed by atoms with E-state index in [0.29, 0.717) is 22.4 Å². The van der Waals surface area contributed by atoms with Gasteiger partial charge >= 0.3 is 0 Å². The molecule has 0 radical (unpaired) electrons. The van der Waals surface area contributed by atoms with E-state index in [1.807, 2.05) is 24.3 Å². The van der Waals surface area contributed by atoms with Crippen LogP contribution in [-0.2, 0) is 0 Å². The van der Waals surface area contributed by atoms with E-state index in [1.54, 1.807) is 19.1 Å². The number of para-hydroxylation sites is 1. The van der Waals surface area contributed by atoms with Crippen LogP contribution in [0, 0.1) is 12.7 Å². The number of fused-ring (bicyclic) bond motifs is 3. The number of benzene rings is 2. The highest BCUT2D eigenvalue weighted by Crippen LogP contribution is 2.21. The molecule has 2 aromatic carbocycles. The molecule has 5 nitrogen and oxygen atoms in total. The second-order valence-corrected chi connectivity index (χ2v) is 5.47. The van der Waals surface area contributed by atoms with Crippen molar-refractivity contribution in [1.82, 2.24) is 14.6 Å². The van der Waals surface area contributed by atoms with Gasteiger partial charge in [-0.15, -0.1) is 0 Å². The number of aryl methyl sites for hydroxylation is 1. The molecular weight excluding hydrogens is 307 g/mol. The molecule has 118 valence electrons. The van der Waals surface area contributed by atoms with Crippen LogP contribution in [-0.4, -0.2) is 20.9 Å². The zero-order valence-electron chi connectivity index (χ0n) is 12.8. The lowest BCUT2D eigenvalue weighted by atomic mass is 10.2. The summed E-state index contributed by atoms with van der Waals surface area (Å²) < 4.78 is 14.2. The SMILES string of the molecule is Cc1nc2c([nH]c3ccccc32)c(=O)n1N=Cc1ccc(F)cc1. The minimum atomic E-state index is -0.318. The maximum absolute atomic E-state index is 12.9. The maximum atomic E-state index is 12.9. The number of hydrogen-bond donors (Lipinski definition) is 1. The van der Waals surface area contributed by atoms with Gasteiger partial charge in [-0.2, -0.15) is 9.78 Å². The fourth-order valence-electron chi connectivity index (χ4n) is 2.67. The van der Waals surface area contributed by atoms with Crippen LogP contribution >= 0.6 is 0 Å². The molecule has 0 aliphatic rings. The third kappa shape index (κ3) is 2.28. The molecule has 6 heteroatoms. The molecule has 0 bridgehead atoms. The van der Waals surface area contributed by atoms with Crippen LogP contribution in [0.4, 0.5) is 4.39 Å². The van der Waals surface area contributed by atoms with Gasteiger partial charge < -0.3 is 4.98 Å². The fourth-order valence-corrected chi connectivity index (χ4v) is 2.67. The molecule has 0 amide bonds. The molecule has 0 aliphatic carbocycles. The van der Waals surface area contributed by atoms with Crippen molar-refractivity contribution < 1.29 is 4.39 Å². The van der Waals surface area contributed by atoms with E-state index in [0.717, 1.165) is 10.9 Å². The Labute approximate surface area is 136 Å². The van der Waals surface area contributed by atoms with Crippen LogP contribution in [0.3, 0.4) is 0 Å². The van der Waals surface area contributed by atoms with Gasteiger partial charge in [-0.05, 0) is 30.7 Å². The van der Waals surface area contributed by atoms with Crippen LogP contribution in [0.25, 0.3) is 21.9 Å². The molecule has 1 N–H and O–H groups in total. The number of halogens is 1. The summed E-state index contributed by atoms with van der Waals surface area (Å²) in [6.07, 6.45) is 1.50. The summed E-state index contributed by atoms with van der Waals surface area (Å²) in [4.78, 5) is 20.3. The van der Waals surface area contributed by atoms with E-state index in [2.05, 4.69) is 15.1 Å². The number of nitrogens with one attached hydrogen (secondary N) is 1. The number of aromatic amines is 1. The van der Waals surface area contributed by atoms with Crippen LogP contribution in [0.5, 0.6) is 0 Å². The van der Waals surface area contributed by atoms with Gasteiger partial charge in [0, 0.05) is 10.9 Å². The summed E-state index contributed by atoms with van der Waals surface area (Å²) in [6, 6.07) is 13.5. The predicted octanol–water partition coefficient (Wildman–Crippen LogP) is 3.21. The molecule has 4 rings (SSSR count). The first-order valence-corrected chi connectivity index (χ1v) is 7.43. The first-order valence-electron chi connectivity index (χ1n) is 7.43. The van der Waals surface area contributed by atoms with Crippen LogP contribution in [0.2, 0.25) is 0 Å².